The lowest BCUT2D eigenvalue weighted by Gasteiger charge is -2.51. The molecule has 21 aliphatic rings. The Bertz CT molecular complexity index is 1440. The van der Waals surface area contributed by atoms with Crippen LogP contribution >= 0.6 is 0 Å². The maximum Gasteiger partial charge on any atom is 0.161 e. The van der Waals surface area contributed by atoms with Crippen molar-refractivity contribution in [2.45, 2.75) is 321 Å². The maximum absolute atomic E-state index is 6.97. The van der Waals surface area contributed by atoms with Crippen molar-refractivity contribution in [1.29, 1.82) is 0 Å². The van der Waals surface area contributed by atoms with E-state index in [1.807, 2.05) is 0 Å². The van der Waals surface area contributed by atoms with Gasteiger partial charge < -0.3 is 66.3 Å². The molecule has 14 unspecified atom stereocenters. The Labute approximate surface area is 468 Å². The van der Waals surface area contributed by atoms with Crippen LogP contribution in [0.4, 0.5) is 0 Å². The molecule has 0 spiro atoms. The molecule has 35 atom stereocenters. The second-order valence-electron chi connectivity index (χ2n) is 26.8. The van der Waals surface area contributed by atoms with Gasteiger partial charge in [-0.15, -0.1) is 0 Å². The molecule has 0 N–H and O–H groups in total. The van der Waals surface area contributed by atoms with E-state index >= 15 is 0 Å². The van der Waals surface area contributed by atoms with E-state index in [1.165, 1.54) is 32.1 Å². The second-order valence-corrected chi connectivity index (χ2v) is 26.8. The average Bonchev–Trinajstić information content (AvgIpc) is 3.38. The Morgan fingerprint density at radius 2 is 0.299 bits per heavy atom. The van der Waals surface area contributed by atoms with E-state index in [1.54, 1.807) is 0 Å². The highest BCUT2D eigenvalue weighted by Crippen LogP contribution is 2.47. The first-order chi connectivity index (χ1) is 36.3. The van der Waals surface area contributed by atoms with Gasteiger partial charge in [0.15, 0.2) is 44.0 Å². The molecule has 0 aromatic rings. The molecule has 0 aromatic heterocycles. The summed E-state index contributed by atoms with van der Waals surface area (Å²) in [6.45, 7) is 50.4. The molecule has 0 aliphatic carbocycles. The van der Waals surface area contributed by atoms with E-state index in [0.29, 0.717) is 0 Å². The molecule has 0 saturated carbocycles. The van der Waals surface area contributed by atoms with Crippen LogP contribution in [0.3, 0.4) is 0 Å². The normalized spacial score (nSPS) is 55.1. The lowest BCUT2D eigenvalue weighted by Crippen LogP contribution is -2.59. The summed E-state index contributed by atoms with van der Waals surface area (Å²) in [6.07, 6.45) is 1.23. The Balaban J connectivity index is 0.00000115. The molecule has 21 saturated heterocycles. The van der Waals surface area contributed by atoms with E-state index in [2.05, 4.69) is 159 Å². The monoisotopic (exact) mass is 1090 g/mol. The van der Waals surface area contributed by atoms with E-state index in [9.17, 15) is 0 Å². The summed E-state index contributed by atoms with van der Waals surface area (Å²) < 4.78 is 96.1. The predicted octanol–water partition coefficient (Wildman–Crippen LogP) is 12.8. The lowest BCUT2D eigenvalue weighted by atomic mass is 9.81. The summed E-state index contributed by atoms with van der Waals surface area (Å²) in [5, 5.41) is 0. The van der Waals surface area contributed by atoms with Gasteiger partial charge in [-0.1, -0.05) is 143 Å². The topological polar surface area (TPSA) is 129 Å². The lowest BCUT2D eigenvalue weighted by molar-refractivity contribution is -0.364. The molecule has 14 nitrogen and oxygen atoms in total. The average molecular weight is 1100 g/mol. The Kier molecular flexibility index (Phi) is 22.8. The summed E-state index contributed by atoms with van der Waals surface area (Å²) in [5.74, 6) is 1.37. The van der Waals surface area contributed by atoms with Crippen LogP contribution in [0.5, 0.6) is 0 Å². The van der Waals surface area contributed by atoms with Gasteiger partial charge in [0.25, 0.3) is 0 Å². The third-order valence-electron chi connectivity index (χ3n) is 21.4. The minimum Gasteiger partial charge on any atom is -0.347 e. The van der Waals surface area contributed by atoms with Crippen LogP contribution in [-0.2, 0) is 66.3 Å². The highest BCUT2D eigenvalue weighted by Gasteiger charge is 2.54. The van der Waals surface area contributed by atoms with Crippen LogP contribution in [-0.4, -0.2) is 129 Å². The van der Waals surface area contributed by atoms with Gasteiger partial charge >= 0.3 is 0 Å². The summed E-state index contributed by atoms with van der Waals surface area (Å²) in [6, 6.07) is 0. The molecule has 14 heteroatoms. The third kappa shape index (κ3) is 13.8. The maximum atomic E-state index is 6.97. The van der Waals surface area contributed by atoms with Gasteiger partial charge in [0.2, 0.25) is 0 Å². The molecule has 0 aromatic carbocycles. The van der Waals surface area contributed by atoms with Gasteiger partial charge in [-0.2, -0.15) is 0 Å². The zero-order chi connectivity index (χ0) is 56.6. The van der Waals surface area contributed by atoms with Crippen LogP contribution in [0, 0.1) is 82.9 Å². The zero-order valence-corrected chi connectivity index (χ0v) is 52.5. The summed E-state index contributed by atoms with van der Waals surface area (Å²) in [4.78, 5) is 0. The molecule has 0 amide bonds. The predicted molar refractivity (Wildman–Crippen MR) is 297 cm³/mol. The highest BCUT2D eigenvalue weighted by atomic mass is 16.8. The van der Waals surface area contributed by atoms with Gasteiger partial charge in [0, 0.05) is 41.4 Å². The van der Waals surface area contributed by atoms with Crippen LogP contribution < -0.4 is 0 Å². The standard InChI is InChI=1S/C56H98O14.C7H16/c1-22-29(8)50-57-36(15)43(22)64-51-30(9)23(2)45(38(17)58-51)66-53-32(11)25(4)47(40(19)60-53)68-55-34(13)27(6)49(42(21)62-55)70-56-35(14)28(7)48(41(20)63-56)69-54-33(12)26(5)46(39(18)61-54)67-52-31(10)24(3)44(65-50)37(16)59-52;1-3-5-7-6-4-2/h22-56H,1-21H3;3-7H2,1-2H3/t22-,23-,24-,25-,26-,27-,28-,29?,30?,31?,32?,33?,34?,35?,36?,37?,38?,39?,40?,41?,42?,43+,44+,45+,46+,47+,48+,49+,50-,51-,52+,53+,54-,55+,56+;/m1./s1. The van der Waals surface area contributed by atoms with E-state index in [0.717, 1.165) is 0 Å². The Morgan fingerprint density at radius 3 is 0.416 bits per heavy atom. The number of hydrogen-bond acceptors (Lipinski definition) is 14. The molecule has 14 bridgehead atoms. The summed E-state index contributed by atoms with van der Waals surface area (Å²) in [7, 11) is 0. The van der Waals surface area contributed by atoms with Gasteiger partial charge in [-0.25, -0.2) is 0 Å². The molecule has 21 rings (SSSR count). The Morgan fingerprint density at radius 1 is 0.169 bits per heavy atom. The smallest absolute Gasteiger partial charge is 0.161 e. The van der Waals surface area contributed by atoms with Gasteiger partial charge in [-0.05, 0) is 89.9 Å². The zero-order valence-electron chi connectivity index (χ0n) is 52.5. The molecule has 21 fully saturated rings. The van der Waals surface area contributed by atoms with E-state index < -0.39 is 44.0 Å². The Hall–Kier alpha value is -0.560. The van der Waals surface area contributed by atoms with Crippen LogP contribution in [0.2, 0.25) is 0 Å². The summed E-state index contributed by atoms with van der Waals surface area (Å²) in [5.41, 5.74) is 0. The quantitative estimate of drug-likeness (QED) is 0.248. The van der Waals surface area contributed by atoms with Crippen molar-refractivity contribution in [2.24, 2.45) is 82.9 Å². The molecule has 450 valence electrons. The fourth-order valence-corrected chi connectivity index (χ4v) is 14.2. The third-order valence-corrected chi connectivity index (χ3v) is 21.4. The van der Waals surface area contributed by atoms with E-state index in [4.69, 9.17) is 66.3 Å². The van der Waals surface area contributed by atoms with Crippen molar-refractivity contribution in [2.75, 3.05) is 0 Å². The largest absolute Gasteiger partial charge is 0.347 e. The first-order valence-electron chi connectivity index (χ1n) is 31.5. The van der Waals surface area contributed by atoms with Crippen molar-refractivity contribution in [3.05, 3.63) is 0 Å². The number of ether oxygens (including phenoxy) is 14. The van der Waals surface area contributed by atoms with Crippen LogP contribution in [0.25, 0.3) is 0 Å². The van der Waals surface area contributed by atoms with Gasteiger partial charge in [0.05, 0.1) is 85.5 Å². The SMILES string of the molecule is CC1[C@@H]2OC(C)[C@@H](O[C@H]3OC(C)[C@@H](O[C@@H]4OC(C)[C@@H](O[C@@H]5OC(C)[C@@H](O[C@@H]6OC(C)[C@@H](O[C@H]7OC(C)[C@@H](O[C@@H]8OC(C)[C@@H](O2)[C@H](C)C8C)[C@H](C)C7C)[C@H](C)C6C)[C@H](C)C5C)[C@H](C)C4C)[C@H](C)C3C)[C@@H]1C.CCCCCCC. The first kappa shape index (κ1) is 64.0. The highest BCUT2D eigenvalue weighted by molar-refractivity contribution is 4.96. The van der Waals surface area contributed by atoms with Crippen molar-refractivity contribution in [3.8, 4) is 0 Å². The molecule has 21 heterocycles. The molecular weight excluding hydrogens is 981 g/mol. The summed E-state index contributed by atoms with van der Waals surface area (Å²) >= 11 is 0. The fraction of sp³-hybridized carbons (Fsp3) is 1.00. The molecule has 21 aliphatic heterocycles. The van der Waals surface area contributed by atoms with Crippen LogP contribution in [0.1, 0.15) is 191 Å². The second kappa shape index (κ2) is 27.4. The van der Waals surface area contributed by atoms with Crippen molar-refractivity contribution in [3.63, 3.8) is 0 Å². The number of hydrogen-bond donors (Lipinski definition) is 0. The van der Waals surface area contributed by atoms with Crippen molar-refractivity contribution in [1.82, 2.24) is 0 Å². The minimum absolute atomic E-state index is 0.0576. The first-order valence-corrected chi connectivity index (χ1v) is 31.5. The molecule has 0 radical (unpaired) electrons. The van der Waals surface area contributed by atoms with E-state index in [-0.39, 0.29) is 168 Å². The minimum atomic E-state index is -0.419. The van der Waals surface area contributed by atoms with Gasteiger partial charge in [-0.3, -0.25) is 0 Å². The molecule has 77 heavy (non-hydrogen) atoms. The number of rotatable bonds is 4. The van der Waals surface area contributed by atoms with Gasteiger partial charge in [0.1, 0.15) is 0 Å². The fourth-order valence-electron chi connectivity index (χ4n) is 14.2. The number of unbranched alkanes of at least 4 members (excludes halogenated alkanes) is 4. The van der Waals surface area contributed by atoms with Crippen LogP contribution in [0.15, 0.2) is 0 Å². The molecular formula is C63H114O14. The van der Waals surface area contributed by atoms with Crippen molar-refractivity contribution < 1.29 is 66.3 Å². The van der Waals surface area contributed by atoms with Crippen molar-refractivity contribution >= 4 is 0 Å².